The molecule has 0 aromatic heterocycles. The summed E-state index contributed by atoms with van der Waals surface area (Å²) in [5.74, 6) is -1.95. The van der Waals surface area contributed by atoms with Crippen molar-refractivity contribution in [2.75, 3.05) is 26.2 Å². The molecular weight excluding hydrogens is 404 g/mol. The average molecular weight is 439 g/mol. The highest BCUT2D eigenvalue weighted by atomic mass is 16.5. The van der Waals surface area contributed by atoms with Crippen LogP contribution in [-0.4, -0.2) is 64.3 Å². The Bertz CT molecular complexity index is 717. The fraction of sp³-hybridized carbons (Fsp3) is 0.591. The zero-order valence-corrected chi connectivity index (χ0v) is 18.5. The van der Waals surface area contributed by atoms with Gasteiger partial charge >= 0.3 is 11.9 Å². The summed E-state index contributed by atoms with van der Waals surface area (Å²) in [6.07, 6.45) is 2.85. The zero-order chi connectivity index (χ0) is 23.4. The third-order valence-corrected chi connectivity index (χ3v) is 4.89. The van der Waals surface area contributed by atoms with Crippen molar-refractivity contribution in [3.63, 3.8) is 0 Å². The van der Waals surface area contributed by atoms with E-state index in [-0.39, 0.29) is 17.6 Å². The van der Waals surface area contributed by atoms with E-state index in [1.54, 1.807) is 6.07 Å². The lowest BCUT2D eigenvalue weighted by atomic mass is 9.95. The maximum Gasteiger partial charge on any atom is 0.414 e. The number of phenols is 1. The average Bonchev–Trinajstić information content (AvgIpc) is 2.71. The van der Waals surface area contributed by atoms with Crippen molar-refractivity contribution in [1.29, 1.82) is 0 Å². The number of carbonyl (C=O) groups excluding carboxylic acids is 1. The standard InChI is InChI=1S/C20H32N2O3.C2H2O4/c1-4-25-19-13-16(5-6-18(19)23)14-22-11-8-17(9-12-22)20(24)21-10-7-15(2)3;3-1(4)2(5)6/h5-6,13,15,17,23H,4,7-12,14H2,1-3H3,(H,21,24);(H,3,4)(H,5,6). The molecule has 1 heterocycles. The monoisotopic (exact) mass is 438 g/mol. The van der Waals surface area contributed by atoms with E-state index < -0.39 is 11.9 Å². The maximum atomic E-state index is 12.2. The first-order valence-corrected chi connectivity index (χ1v) is 10.5. The highest BCUT2D eigenvalue weighted by molar-refractivity contribution is 6.27. The molecule has 174 valence electrons. The fourth-order valence-corrected chi connectivity index (χ4v) is 3.17. The molecule has 1 saturated heterocycles. The Balaban J connectivity index is 0.000000703. The molecule has 9 heteroatoms. The number of carboxylic acid groups (broad SMARTS) is 2. The topological polar surface area (TPSA) is 136 Å². The number of piperidine rings is 1. The number of phenolic OH excluding ortho intramolecular Hbond substituents is 1. The van der Waals surface area contributed by atoms with Crippen molar-refractivity contribution in [2.24, 2.45) is 11.8 Å². The minimum atomic E-state index is -1.82. The molecule has 2 rings (SSSR count). The SMILES string of the molecule is CCOc1cc(CN2CCC(C(=O)NCCC(C)C)CC2)ccc1O.O=C(O)C(=O)O. The van der Waals surface area contributed by atoms with Crippen molar-refractivity contribution >= 4 is 17.8 Å². The third-order valence-electron chi connectivity index (χ3n) is 4.89. The number of carbonyl (C=O) groups is 3. The molecule has 0 saturated carbocycles. The van der Waals surface area contributed by atoms with Gasteiger partial charge in [-0.05, 0) is 62.9 Å². The van der Waals surface area contributed by atoms with Gasteiger partial charge in [0.25, 0.3) is 0 Å². The number of nitrogens with one attached hydrogen (secondary N) is 1. The molecule has 1 fully saturated rings. The van der Waals surface area contributed by atoms with E-state index in [9.17, 15) is 9.90 Å². The minimum absolute atomic E-state index is 0.141. The fourth-order valence-electron chi connectivity index (χ4n) is 3.17. The number of hydrogen-bond donors (Lipinski definition) is 4. The lowest BCUT2D eigenvalue weighted by Gasteiger charge is -2.31. The molecular formula is C22H34N2O7. The van der Waals surface area contributed by atoms with Crippen LogP contribution in [0.3, 0.4) is 0 Å². The highest BCUT2D eigenvalue weighted by Gasteiger charge is 2.24. The number of nitrogens with zero attached hydrogens (tertiary/aromatic N) is 1. The molecule has 1 aromatic rings. The second-order valence-electron chi connectivity index (χ2n) is 7.87. The summed E-state index contributed by atoms with van der Waals surface area (Å²) in [7, 11) is 0. The Hall–Kier alpha value is -2.81. The Labute approximate surface area is 183 Å². The van der Waals surface area contributed by atoms with Crippen LogP contribution in [0.5, 0.6) is 11.5 Å². The van der Waals surface area contributed by atoms with Crippen molar-refractivity contribution in [2.45, 2.75) is 46.6 Å². The summed E-state index contributed by atoms with van der Waals surface area (Å²) in [6, 6.07) is 5.53. The molecule has 9 nitrogen and oxygen atoms in total. The molecule has 0 spiro atoms. The van der Waals surface area contributed by atoms with Gasteiger partial charge in [-0.2, -0.15) is 0 Å². The highest BCUT2D eigenvalue weighted by Crippen LogP contribution is 2.28. The van der Waals surface area contributed by atoms with Crippen LogP contribution in [0.15, 0.2) is 18.2 Å². The molecule has 1 aromatic carbocycles. The van der Waals surface area contributed by atoms with E-state index >= 15 is 0 Å². The minimum Gasteiger partial charge on any atom is -0.504 e. The number of ether oxygens (including phenoxy) is 1. The maximum absolute atomic E-state index is 12.2. The second kappa shape index (κ2) is 13.5. The van der Waals surface area contributed by atoms with Gasteiger partial charge in [-0.1, -0.05) is 19.9 Å². The Morgan fingerprint density at radius 3 is 2.29 bits per heavy atom. The molecule has 0 atom stereocenters. The number of carboxylic acids is 2. The van der Waals surface area contributed by atoms with E-state index in [1.807, 2.05) is 19.1 Å². The molecule has 0 radical (unpaired) electrons. The van der Waals surface area contributed by atoms with Crippen LogP contribution in [0.4, 0.5) is 0 Å². The van der Waals surface area contributed by atoms with E-state index in [0.717, 1.165) is 51.0 Å². The molecule has 31 heavy (non-hydrogen) atoms. The molecule has 0 bridgehead atoms. The molecule has 1 aliphatic rings. The van der Waals surface area contributed by atoms with Gasteiger partial charge in [0, 0.05) is 19.0 Å². The van der Waals surface area contributed by atoms with Gasteiger partial charge in [0.1, 0.15) is 0 Å². The molecule has 1 aliphatic heterocycles. The van der Waals surface area contributed by atoms with E-state index in [2.05, 4.69) is 24.1 Å². The van der Waals surface area contributed by atoms with Crippen LogP contribution < -0.4 is 10.1 Å². The van der Waals surface area contributed by atoms with E-state index in [4.69, 9.17) is 24.5 Å². The van der Waals surface area contributed by atoms with E-state index in [1.165, 1.54) is 0 Å². The van der Waals surface area contributed by atoms with Crippen LogP contribution in [0.2, 0.25) is 0 Å². The largest absolute Gasteiger partial charge is 0.504 e. The van der Waals surface area contributed by atoms with Crippen molar-refractivity contribution in [3.05, 3.63) is 23.8 Å². The van der Waals surface area contributed by atoms with Crippen molar-refractivity contribution < 1.29 is 34.4 Å². The van der Waals surface area contributed by atoms with Crippen LogP contribution >= 0.6 is 0 Å². The van der Waals surface area contributed by atoms with Gasteiger partial charge in [-0.15, -0.1) is 0 Å². The summed E-state index contributed by atoms with van der Waals surface area (Å²) >= 11 is 0. The Morgan fingerprint density at radius 2 is 1.77 bits per heavy atom. The first-order valence-electron chi connectivity index (χ1n) is 10.5. The molecule has 0 aliphatic carbocycles. The predicted molar refractivity (Wildman–Crippen MR) is 115 cm³/mol. The van der Waals surface area contributed by atoms with Crippen molar-refractivity contribution in [3.8, 4) is 11.5 Å². The van der Waals surface area contributed by atoms with Gasteiger partial charge in [-0.3, -0.25) is 9.69 Å². The van der Waals surface area contributed by atoms with Crippen LogP contribution in [0, 0.1) is 11.8 Å². The second-order valence-corrected chi connectivity index (χ2v) is 7.87. The first kappa shape index (κ1) is 26.2. The third kappa shape index (κ3) is 10.2. The number of benzene rings is 1. The summed E-state index contributed by atoms with van der Waals surface area (Å²) in [4.78, 5) is 32.8. The van der Waals surface area contributed by atoms with Crippen LogP contribution in [0.1, 0.15) is 45.6 Å². The Kier molecular flexibility index (Phi) is 11.4. The normalized spacial score (nSPS) is 14.5. The number of rotatable bonds is 8. The zero-order valence-electron chi connectivity index (χ0n) is 18.5. The van der Waals surface area contributed by atoms with Crippen LogP contribution in [0.25, 0.3) is 0 Å². The summed E-state index contributed by atoms with van der Waals surface area (Å²) in [5.41, 5.74) is 1.13. The summed E-state index contributed by atoms with van der Waals surface area (Å²) in [5, 5.41) is 27.6. The number of aromatic hydroxyl groups is 1. The number of amides is 1. The smallest absolute Gasteiger partial charge is 0.414 e. The summed E-state index contributed by atoms with van der Waals surface area (Å²) in [6.45, 7) is 10.2. The lowest BCUT2D eigenvalue weighted by molar-refractivity contribution is -0.159. The van der Waals surface area contributed by atoms with Gasteiger partial charge < -0.3 is 25.4 Å². The first-order chi connectivity index (χ1) is 14.6. The number of hydrogen-bond acceptors (Lipinski definition) is 6. The molecule has 1 amide bonds. The summed E-state index contributed by atoms with van der Waals surface area (Å²) < 4.78 is 5.45. The number of aliphatic carboxylic acids is 2. The van der Waals surface area contributed by atoms with E-state index in [0.29, 0.717) is 18.3 Å². The number of likely N-dealkylation sites (tertiary alicyclic amines) is 1. The Morgan fingerprint density at radius 1 is 1.16 bits per heavy atom. The van der Waals surface area contributed by atoms with Crippen LogP contribution in [-0.2, 0) is 20.9 Å². The predicted octanol–water partition coefficient (Wildman–Crippen LogP) is 2.32. The van der Waals surface area contributed by atoms with Gasteiger partial charge in [0.05, 0.1) is 6.61 Å². The van der Waals surface area contributed by atoms with Crippen molar-refractivity contribution in [1.82, 2.24) is 10.2 Å². The van der Waals surface area contributed by atoms with Gasteiger partial charge in [0.15, 0.2) is 11.5 Å². The lowest BCUT2D eigenvalue weighted by Crippen LogP contribution is -2.40. The quantitative estimate of drug-likeness (QED) is 0.454. The van der Waals surface area contributed by atoms with Gasteiger partial charge in [0.2, 0.25) is 5.91 Å². The molecule has 4 N–H and O–H groups in total. The molecule has 0 unspecified atom stereocenters. The van der Waals surface area contributed by atoms with Gasteiger partial charge in [-0.25, -0.2) is 9.59 Å².